The van der Waals surface area contributed by atoms with Gasteiger partial charge in [0.15, 0.2) is 5.83 Å². The zero-order valence-electron chi connectivity index (χ0n) is 13.5. The first-order valence-corrected chi connectivity index (χ1v) is 7.58. The van der Waals surface area contributed by atoms with Crippen molar-refractivity contribution in [3.8, 4) is 0 Å². The molecule has 1 rings (SSSR count). The summed E-state index contributed by atoms with van der Waals surface area (Å²) in [6.45, 7) is 12.7. The molecule has 0 spiro atoms. The number of nitrogens with zero attached hydrogens (tertiary/aromatic N) is 1. The molecule has 0 amide bonds. The number of allylic oxidation sites excluding steroid dienone is 3. The SMILES string of the molecule is C=C(Cl)/C(F)=C(\C)NC(=C)C(C)CN(C)Cc1ccccc1. The lowest BCUT2D eigenvalue weighted by Crippen LogP contribution is -2.28. The van der Waals surface area contributed by atoms with Crippen molar-refractivity contribution in [2.24, 2.45) is 5.92 Å². The summed E-state index contributed by atoms with van der Waals surface area (Å²) in [6, 6.07) is 10.3. The van der Waals surface area contributed by atoms with Gasteiger partial charge in [0.1, 0.15) is 0 Å². The molecule has 0 aliphatic rings. The topological polar surface area (TPSA) is 15.3 Å². The summed E-state index contributed by atoms with van der Waals surface area (Å²) in [5.41, 5.74) is 2.35. The Morgan fingerprint density at radius 3 is 2.45 bits per heavy atom. The third kappa shape index (κ3) is 6.04. The maximum absolute atomic E-state index is 13.6. The first kappa shape index (κ1) is 18.5. The molecule has 0 bridgehead atoms. The fourth-order valence-corrected chi connectivity index (χ4v) is 2.30. The molecule has 1 N–H and O–H groups in total. The Balaban J connectivity index is 2.54. The van der Waals surface area contributed by atoms with Gasteiger partial charge in [0.2, 0.25) is 0 Å². The van der Waals surface area contributed by atoms with Crippen LogP contribution in [0.25, 0.3) is 0 Å². The Morgan fingerprint density at radius 1 is 1.32 bits per heavy atom. The number of benzene rings is 1. The normalized spacial score (nSPS) is 13.5. The molecule has 1 atom stereocenters. The van der Waals surface area contributed by atoms with Crippen LogP contribution in [0.3, 0.4) is 0 Å². The third-order valence-corrected chi connectivity index (χ3v) is 3.56. The molecule has 0 fully saturated rings. The standard InChI is InChI=1S/C18H24ClFN2/c1-13(15(3)21-16(4)18(20)14(2)19)11-22(5)12-17-9-7-6-8-10-17/h6-10,13,21H,2-3,11-12H2,1,4-5H3/b18-16-. The third-order valence-electron chi connectivity index (χ3n) is 3.39. The summed E-state index contributed by atoms with van der Waals surface area (Å²) >= 11 is 5.56. The summed E-state index contributed by atoms with van der Waals surface area (Å²) in [5.74, 6) is -0.368. The molecule has 2 nitrogen and oxygen atoms in total. The maximum Gasteiger partial charge on any atom is 0.160 e. The lowest BCUT2D eigenvalue weighted by molar-refractivity contribution is 0.292. The molecule has 120 valence electrons. The number of hydrogen-bond donors (Lipinski definition) is 1. The van der Waals surface area contributed by atoms with Crippen LogP contribution in [-0.2, 0) is 6.54 Å². The van der Waals surface area contributed by atoms with Crippen LogP contribution in [0.15, 0.2) is 65.7 Å². The second-order valence-corrected chi connectivity index (χ2v) is 6.03. The molecule has 1 unspecified atom stereocenters. The fraction of sp³-hybridized carbons (Fsp3) is 0.333. The van der Waals surface area contributed by atoms with E-state index in [2.05, 4.69) is 49.5 Å². The second kappa shape index (κ2) is 8.76. The summed E-state index contributed by atoms with van der Waals surface area (Å²) in [7, 11) is 2.06. The van der Waals surface area contributed by atoms with Gasteiger partial charge in [-0.2, -0.15) is 0 Å². The highest BCUT2D eigenvalue weighted by Crippen LogP contribution is 2.18. The van der Waals surface area contributed by atoms with Crippen LogP contribution < -0.4 is 5.32 Å². The van der Waals surface area contributed by atoms with E-state index >= 15 is 0 Å². The van der Waals surface area contributed by atoms with E-state index < -0.39 is 5.83 Å². The molecule has 0 aliphatic carbocycles. The van der Waals surface area contributed by atoms with Crippen LogP contribution in [0.1, 0.15) is 19.4 Å². The van der Waals surface area contributed by atoms with Crippen molar-refractivity contribution in [3.05, 3.63) is 71.3 Å². The molecule has 1 aromatic rings. The van der Waals surface area contributed by atoms with Crippen molar-refractivity contribution in [3.63, 3.8) is 0 Å². The van der Waals surface area contributed by atoms with Crippen LogP contribution in [0.2, 0.25) is 0 Å². The molecule has 0 aromatic heterocycles. The zero-order chi connectivity index (χ0) is 16.7. The van der Waals surface area contributed by atoms with Crippen molar-refractivity contribution < 1.29 is 4.39 Å². The van der Waals surface area contributed by atoms with Gasteiger partial charge in [-0.25, -0.2) is 4.39 Å². The predicted octanol–water partition coefficient (Wildman–Crippen LogP) is 4.81. The van der Waals surface area contributed by atoms with E-state index in [1.54, 1.807) is 6.92 Å². The predicted molar refractivity (Wildman–Crippen MR) is 93.0 cm³/mol. The number of halogens is 2. The first-order valence-electron chi connectivity index (χ1n) is 7.20. The average molecular weight is 323 g/mol. The number of hydrogen-bond acceptors (Lipinski definition) is 2. The highest BCUT2D eigenvalue weighted by molar-refractivity contribution is 6.31. The summed E-state index contributed by atoms with van der Waals surface area (Å²) in [4.78, 5) is 2.21. The zero-order valence-corrected chi connectivity index (χ0v) is 14.3. The fourth-order valence-electron chi connectivity index (χ4n) is 2.16. The number of nitrogens with one attached hydrogen (secondary N) is 1. The van der Waals surface area contributed by atoms with Gasteiger partial charge >= 0.3 is 0 Å². The lowest BCUT2D eigenvalue weighted by atomic mass is 10.1. The highest BCUT2D eigenvalue weighted by atomic mass is 35.5. The van der Waals surface area contributed by atoms with E-state index in [0.29, 0.717) is 5.70 Å². The van der Waals surface area contributed by atoms with Crippen molar-refractivity contribution in [1.82, 2.24) is 10.2 Å². The van der Waals surface area contributed by atoms with Gasteiger partial charge in [-0.15, -0.1) is 0 Å². The summed E-state index contributed by atoms with van der Waals surface area (Å²) in [6.07, 6.45) is 0. The van der Waals surface area contributed by atoms with Gasteiger partial charge in [-0.3, -0.25) is 0 Å². The van der Waals surface area contributed by atoms with E-state index in [9.17, 15) is 4.39 Å². The van der Waals surface area contributed by atoms with Gasteiger partial charge < -0.3 is 10.2 Å². The number of rotatable bonds is 8. The Hall–Kier alpha value is -1.58. The van der Waals surface area contributed by atoms with E-state index in [0.717, 1.165) is 18.8 Å². The molecule has 0 saturated heterocycles. The Bertz CT molecular complexity index is 551. The minimum atomic E-state index is -0.535. The Labute approximate surface area is 138 Å². The van der Waals surface area contributed by atoms with Crippen LogP contribution in [0.4, 0.5) is 4.39 Å². The molecular weight excluding hydrogens is 299 g/mol. The smallest absolute Gasteiger partial charge is 0.160 e. The van der Waals surface area contributed by atoms with Crippen LogP contribution >= 0.6 is 11.6 Å². The van der Waals surface area contributed by atoms with Gasteiger partial charge in [0.05, 0.1) is 5.03 Å². The van der Waals surface area contributed by atoms with Crippen LogP contribution in [0, 0.1) is 5.92 Å². The average Bonchev–Trinajstić information content (AvgIpc) is 2.46. The largest absolute Gasteiger partial charge is 0.360 e. The molecule has 1 aromatic carbocycles. The van der Waals surface area contributed by atoms with Gasteiger partial charge in [-0.1, -0.05) is 62.0 Å². The van der Waals surface area contributed by atoms with Gasteiger partial charge in [0, 0.05) is 30.4 Å². The van der Waals surface area contributed by atoms with E-state index in [1.807, 2.05) is 18.2 Å². The maximum atomic E-state index is 13.6. The molecule has 0 saturated carbocycles. The Morgan fingerprint density at radius 2 is 1.91 bits per heavy atom. The molecule has 0 aliphatic heterocycles. The van der Waals surface area contributed by atoms with E-state index in [-0.39, 0.29) is 11.0 Å². The van der Waals surface area contributed by atoms with E-state index in [4.69, 9.17) is 11.6 Å². The molecule has 0 radical (unpaired) electrons. The van der Waals surface area contributed by atoms with Gasteiger partial charge in [0.25, 0.3) is 0 Å². The molecular formula is C18H24ClFN2. The van der Waals surface area contributed by atoms with Crippen LogP contribution in [0.5, 0.6) is 0 Å². The van der Waals surface area contributed by atoms with Crippen molar-refractivity contribution >= 4 is 11.6 Å². The van der Waals surface area contributed by atoms with Crippen molar-refractivity contribution in [1.29, 1.82) is 0 Å². The molecule has 4 heteroatoms. The van der Waals surface area contributed by atoms with Crippen LogP contribution in [-0.4, -0.2) is 18.5 Å². The Kier molecular flexibility index (Phi) is 7.36. The summed E-state index contributed by atoms with van der Waals surface area (Å²) in [5, 5.41) is 2.86. The lowest BCUT2D eigenvalue weighted by Gasteiger charge is -2.24. The van der Waals surface area contributed by atoms with Gasteiger partial charge in [-0.05, 0) is 19.5 Å². The minimum absolute atomic E-state index is 0.105. The minimum Gasteiger partial charge on any atom is -0.360 e. The molecule has 0 heterocycles. The quantitative estimate of drug-likeness (QED) is 0.691. The first-order chi connectivity index (χ1) is 10.3. The van der Waals surface area contributed by atoms with Crippen molar-refractivity contribution in [2.75, 3.05) is 13.6 Å². The highest BCUT2D eigenvalue weighted by Gasteiger charge is 2.12. The summed E-state index contributed by atoms with van der Waals surface area (Å²) < 4.78 is 13.6. The monoisotopic (exact) mass is 322 g/mol. The van der Waals surface area contributed by atoms with E-state index in [1.165, 1.54) is 5.56 Å². The second-order valence-electron chi connectivity index (χ2n) is 5.58. The van der Waals surface area contributed by atoms with Crippen molar-refractivity contribution in [2.45, 2.75) is 20.4 Å². The molecule has 22 heavy (non-hydrogen) atoms.